The molecule has 0 aliphatic rings. The van der Waals surface area contributed by atoms with E-state index in [0.29, 0.717) is 18.8 Å². The van der Waals surface area contributed by atoms with Crippen LogP contribution in [0.15, 0.2) is 42.5 Å². The lowest BCUT2D eigenvalue weighted by Crippen LogP contribution is -2.25. The van der Waals surface area contributed by atoms with Crippen LogP contribution >= 0.6 is 0 Å². The van der Waals surface area contributed by atoms with Gasteiger partial charge in [0, 0.05) is 13.6 Å². The Morgan fingerprint density at radius 2 is 2.12 bits per heavy atom. The predicted octanol–water partition coefficient (Wildman–Crippen LogP) is 3.65. The molecular weight excluding hydrogens is 314 g/mol. The zero-order valence-electron chi connectivity index (χ0n) is 15.3. The molecule has 2 rings (SSSR count). The maximum atomic E-state index is 12.3. The molecule has 0 aliphatic carbocycles. The van der Waals surface area contributed by atoms with Gasteiger partial charge in [0.15, 0.2) is 0 Å². The highest BCUT2D eigenvalue weighted by Gasteiger charge is 2.12. The van der Waals surface area contributed by atoms with Crippen molar-refractivity contribution >= 4 is 5.91 Å². The molecule has 1 N–H and O–H groups in total. The third-order valence-electron chi connectivity index (χ3n) is 3.83. The summed E-state index contributed by atoms with van der Waals surface area (Å²) in [6.07, 6.45) is 7.02. The average molecular weight is 341 g/mol. The minimum absolute atomic E-state index is 0.120. The van der Waals surface area contributed by atoms with Gasteiger partial charge in [-0.2, -0.15) is 5.10 Å². The van der Waals surface area contributed by atoms with Crippen molar-refractivity contribution in [3.63, 3.8) is 0 Å². The fraction of sp³-hybridized carbons (Fsp3) is 0.400. The molecule has 5 heteroatoms. The van der Waals surface area contributed by atoms with Gasteiger partial charge in [0.1, 0.15) is 11.4 Å². The van der Waals surface area contributed by atoms with Crippen molar-refractivity contribution in [1.82, 2.24) is 15.1 Å². The van der Waals surface area contributed by atoms with Gasteiger partial charge in [-0.15, -0.1) is 0 Å². The Balaban J connectivity index is 1.87. The van der Waals surface area contributed by atoms with Crippen LogP contribution < -0.4 is 10.1 Å². The van der Waals surface area contributed by atoms with Crippen molar-refractivity contribution in [1.29, 1.82) is 0 Å². The van der Waals surface area contributed by atoms with Crippen molar-refractivity contribution in [2.24, 2.45) is 7.05 Å². The normalized spacial score (nSPS) is 11.0. The third kappa shape index (κ3) is 5.78. The van der Waals surface area contributed by atoms with E-state index >= 15 is 0 Å². The lowest BCUT2D eigenvalue weighted by Gasteiger charge is -2.08. The Kier molecular flexibility index (Phi) is 7.26. The van der Waals surface area contributed by atoms with Crippen LogP contribution in [0.3, 0.4) is 0 Å². The largest absolute Gasteiger partial charge is 0.493 e. The Labute approximate surface area is 149 Å². The summed E-state index contributed by atoms with van der Waals surface area (Å²) in [6.45, 7) is 5.25. The second-order valence-corrected chi connectivity index (χ2v) is 5.84. The number of benzene rings is 1. The van der Waals surface area contributed by atoms with Crippen LogP contribution in [0.25, 0.3) is 0 Å². The summed E-state index contributed by atoms with van der Waals surface area (Å²) in [7, 11) is 1.79. The van der Waals surface area contributed by atoms with Crippen LogP contribution in [0, 0.1) is 0 Å². The van der Waals surface area contributed by atoms with Gasteiger partial charge in [-0.25, -0.2) is 0 Å². The first kappa shape index (κ1) is 18.8. The number of hydrogen-bond donors (Lipinski definition) is 1. The number of ether oxygens (including phenoxy) is 1. The van der Waals surface area contributed by atoms with Crippen molar-refractivity contribution in [3.8, 4) is 5.75 Å². The number of aromatic nitrogens is 2. The minimum Gasteiger partial charge on any atom is -0.493 e. The van der Waals surface area contributed by atoms with E-state index in [4.69, 9.17) is 4.74 Å². The predicted molar refractivity (Wildman–Crippen MR) is 99.7 cm³/mol. The molecule has 0 unspecified atom stereocenters. The molecule has 1 aromatic carbocycles. The van der Waals surface area contributed by atoms with E-state index in [9.17, 15) is 4.79 Å². The van der Waals surface area contributed by atoms with Gasteiger partial charge in [-0.3, -0.25) is 9.48 Å². The van der Waals surface area contributed by atoms with E-state index in [1.807, 2.05) is 37.3 Å². The number of aryl methyl sites for hydroxylation is 2. The minimum atomic E-state index is -0.120. The Morgan fingerprint density at radius 3 is 2.84 bits per heavy atom. The highest BCUT2D eigenvalue weighted by molar-refractivity contribution is 5.92. The van der Waals surface area contributed by atoms with Crippen LogP contribution in [-0.2, 0) is 20.0 Å². The molecule has 0 aliphatic heterocycles. The summed E-state index contributed by atoms with van der Waals surface area (Å²) in [6, 6.07) is 9.65. The van der Waals surface area contributed by atoms with Gasteiger partial charge in [0.25, 0.3) is 5.91 Å². The number of carbonyl (C=O) groups excluding carboxylic acids is 1. The molecule has 134 valence electrons. The van der Waals surface area contributed by atoms with E-state index < -0.39 is 0 Å². The SMILES string of the molecule is CCC=CCCOc1cccc(CNC(=O)c2cc(CC)nn2C)c1. The first-order valence-electron chi connectivity index (χ1n) is 8.81. The summed E-state index contributed by atoms with van der Waals surface area (Å²) in [5, 5.41) is 7.24. The quantitative estimate of drug-likeness (QED) is 0.559. The summed E-state index contributed by atoms with van der Waals surface area (Å²) in [5.74, 6) is 0.705. The smallest absolute Gasteiger partial charge is 0.269 e. The zero-order chi connectivity index (χ0) is 18.1. The fourth-order valence-corrected chi connectivity index (χ4v) is 2.46. The monoisotopic (exact) mass is 341 g/mol. The molecule has 5 nitrogen and oxygen atoms in total. The van der Waals surface area contributed by atoms with Crippen molar-refractivity contribution < 1.29 is 9.53 Å². The molecule has 1 aromatic heterocycles. The molecule has 0 radical (unpaired) electrons. The number of rotatable bonds is 9. The number of amides is 1. The fourth-order valence-electron chi connectivity index (χ4n) is 2.46. The lowest BCUT2D eigenvalue weighted by molar-refractivity contribution is 0.0941. The molecule has 0 bridgehead atoms. The molecule has 1 amide bonds. The standard InChI is InChI=1S/C20H27N3O2/c1-4-6-7-8-12-25-18-11-9-10-16(13-18)15-21-20(24)19-14-17(5-2)22-23(19)3/h6-7,9-11,13-14H,4-5,8,12,15H2,1-3H3,(H,21,24). The van der Waals surface area contributed by atoms with E-state index in [1.165, 1.54) is 0 Å². The zero-order valence-corrected chi connectivity index (χ0v) is 15.3. The summed E-state index contributed by atoms with van der Waals surface area (Å²) in [4.78, 5) is 12.3. The van der Waals surface area contributed by atoms with Crippen molar-refractivity contribution in [2.45, 2.75) is 39.7 Å². The highest BCUT2D eigenvalue weighted by Crippen LogP contribution is 2.14. The molecule has 2 aromatic rings. The number of carbonyl (C=O) groups is 1. The Bertz CT molecular complexity index is 719. The van der Waals surface area contributed by atoms with E-state index in [0.717, 1.165) is 36.3 Å². The Morgan fingerprint density at radius 1 is 1.28 bits per heavy atom. The molecule has 25 heavy (non-hydrogen) atoms. The second-order valence-electron chi connectivity index (χ2n) is 5.84. The van der Waals surface area contributed by atoms with Crippen molar-refractivity contribution in [3.05, 3.63) is 59.4 Å². The molecule has 0 atom stereocenters. The molecule has 0 spiro atoms. The second kappa shape index (κ2) is 9.67. The van der Waals surface area contributed by atoms with Gasteiger partial charge in [0.2, 0.25) is 0 Å². The topological polar surface area (TPSA) is 56.1 Å². The van der Waals surface area contributed by atoms with E-state index in [2.05, 4.69) is 29.5 Å². The molecule has 1 heterocycles. The molecule has 0 saturated carbocycles. The van der Waals surface area contributed by atoms with Crippen molar-refractivity contribution in [2.75, 3.05) is 6.61 Å². The van der Waals surface area contributed by atoms with Gasteiger partial charge in [-0.05, 0) is 43.0 Å². The molecular formula is C20H27N3O2. The molecule has 0 fully saturated rings. The Hall–Kier alpha value is -2.56. The molecule has 0 saturated heterocycles. The number of nitrogens with one attached hydrogen (secondary N) is 1. The first-order chi connectivity index (χ1) is 12.1. The first-order valence-corrected chi connectivity index (χ1v) is 8.81. The van der Waals surface area contributed by atoms with Crippen LogP contribution in [0.1, 0.15) is 48.4 Å². The van der Waals surface area contributed by atoms with Gasteiger partial charge in [-0.1, -0.05) is 38.1 Å². The lowest BCUT2D eigenvalue weighted by atomic mass is 10.2. The summed E-state index contributed by atoms with van der Waals surface area (Å²) in [5.41, 5.74) is 2.50. The maximum absolute atomic E-state index is 12.3. The summed E-state index contributed by atoms with van der Waals surface area (Å²) >= 11 is 0. The maximum Gasteiger partial charge on any atom is 0.269 e. The van der Waals surface area contributed by atoms with Crippen LogP contribution in [-0.4, -0.2) is 22.3 Å². The van der Waals surface area contributed by atoms with Crippen LogP contribution in [0.2, 0.25) is 0 Å². The van der Waals surface area contributed by atoms with Gasteiger partial charge in [0.05, 0.1) is 12.3 Å². The van der Waals surface area contributed by atoms with E-state index in [1.54, 1.807) is 11.7 Å². The van der Waals surface area contributed by atoms with Gasteiger partial charge >= 0.3 is 0 Å². The van der Waals surface area contributed by atoms with Crippen LogP contribution in [0.5, 0.6) is 5.75 Å². The number of allylic oxidation sites excluding steroid dienone is 1. The third-order valence-corrected chi connectivity index (χ3v) is 3.83. The number of nitrogens with zero attached hydrogens (tertiary/aromatic N) is 2. The highest BCUT2D eigenvalue weighted by atomic mass is 16.5. The van der Waals surface area contributed by atoms with Gasteiger partial charge < -0.3 is 10.1 Å². The van der Waals surface area contributed by atoms with E-state index in [-0.39, 0.29) is 5.91 Å². The average Bonchev–Trinajstić information content (AvgIpc) is 3.01. The van der Waals surface area contributed by atoms with Crippen LogP contribution in [0.4, 0.5) is 0 Å². The number of hydrogen-bond acceptors (Lipinski definition) is 3. The summed E-state index contributed by atoms with van der Waals surface area (Å²) < 4.78 is 7.37.